The van der Waals surface area contributed by atoms with Crippen molar-refractivity contribution >= 4 is 6.03 Å². The highest BCUT2D eigenvalue weighted by Gasteiger charge is 2.24. The van der Waals surface area contributed by atoms with E-state index in [0.717, 1.165) is 19.0 Å². The quantitative estimate of drug-likeness (QED) is 0.801. The third kappa shape index (κ3) is 3.89. The van der Waals surface area contributed by atoms with Crippen LogP contribution in [0.15, 0.2) is 0 Å². The van der Waals surface area contributed by atoms with Gasteiger partial charge < -0.3 is 10.2 Å². The molecule has 2 unspecified atom stereocenters. The van der Waals surface area contributed by atoms with E-state index in [1.807, 2.05) is 4.90 Å². The van der Waals surface area contributed by atoms with Crippen LogP contribution in [-0.2, 0) is 0 Å². The molecule has 0 bridgehead atoms. The van der Waals surface area contributed by atoms with Gasteiger partial charge >= 0.3 is 6.03 Å². The molecular formula is C15H28N2O. The van der Waals surface area contributed by atoms with Crippen molar-refractivity contribution in [3.63, 3.8) is 0 Å². The van der Waals surface area contributed by atoms with E-state index in [-0.39, 0.29) is 6.03 Å². The van der Waals surface area contributed by atoms with Gasteiger partial charge in [-0.15, -0.1) is 0 Å². The van der Waals surface area contributed by atoms with E-state index in [9.17, 15) is 4.79 Å². The summed E-state index contributed by atoms with van der Waals surface area (Å²) in [6.07, 6.45) is 11.2. The van der Waals surface area contributed by atoms with Gasteiger partial charge in [-0.25, -0.2) is 4.79 Å². The first-order valence-electron chi connectivity index (χ1n) is 7.85. The Morgan fingerprint density at radius 3 is 2.50 bits per heavy atom. The zero-order valence-electron chi connectivity index (χ0n) is 11.8. The molecule has 1 aliphatic heterocycles. The molecule has 2 amide bonds. The van der Waals surface area contributed by atoms with E-state index < -0.39 is 0 Å². The molecule has 1 heterocycles. The fourth-order valence-electron chi connectivity index (χ4n) is 3.33. The Morgan fingerprint density at radius 2 is 1.83 bits per heavy atom. The lowest BCUT2D eigenvalue weighted by molar-refractivity contribution is 0.186. The number of carbonyl (C=O) groups is 1. The first kappa shape index (κ1) is 13.7. The summed E-state index contributed by atoms with van der Waals surface area (Å²) >= 11 is 0. The number of nitrogens with zero attached hydrogens (tertiary/aromatic N) is 1. The lowest BCUT2D eigenvalue weighted by Crippen LogP contribution is -2.46. The Bertz CT molecular complexity index is 259. The first-order valence-corrected chi connectivity index (χ1v) is 7.85. The van der Waals surface area contributed by atoms with E-state index >= 15 is 0 Å². The molecule has 1 aliphatic carbocycles. The average Bonchev–Trinajstić information content (AvgIpc) is 2.68. The summed E-state index contributed by atoms with van der Waals surface area (Å²) in [7, 11) is 0. The van der Waals surface area contributed by atoms with Gasteiger partial charge in [-0.3, -0.25) is 0 Å². The summed E-state index contributed by atoms with van der Waals surface area (Å²) < 4.78 is 0. The van der Waals surface area contributed by atoms with E-state index in [2.05, 4.69) is 12.2 Å². The molecule has 2 aliphatic rings. The summed E-state index contributed by atoms with van der Waals surface area (Å²) in [6, 6.07) is 0.623. The van der Waals surface area contributed by atoms with Crippen molar-refractivity contribution in [1.82, 2.24) is 10.2 Å². The SMILES string of the molecule is CCC1CCCC(NC(=O)N2CCCCCC2)C1. The summed E-state index contributed by atoms with van der Waals surface area (Å²) in [4.78, 5) is 14.3. The number of carbonyl (C=O) groups excluding carboxylic acids is 1. The fourth-order valence-corrected chi connectivity index (χ4v) is 3.33. The summed E-state index contributed by atoms with van der Waals surface area (Å²) in [5.41, 5.74) is 0. The topological polar surface area (TPSA) is 32.3 Å². The third-order valence-electron chi connectivity index (χ3n) is 4.58. The van der Waals surface area contributed by atoms with Crippen LogP contribution in [0.3, 0.4) is 0 Å². The number of hydrogen-bond acceptors (Lipinski definition) is 1. The maximum absolute atomic E-state index is 12.2. The third-order valence-corrected chi connectivity index (χ3v) is 4.58. The van der Waals surface area contributed by atoms with Gasteiger partial charge in [-0.2, -0.15) is 0 Å². The normalized spacial score (nSPS) is 29.7. The first-order chi connectivity index (χ1) is 8.79. The Balaban J connectivity index is 1.78. The lowest BCUT2D eigenvalue weighted by Gasteiger charge is -2.31. The van der Waals surface area contributed by atoms with Crippen molar-refractivity contribution in [2.24, 2.45) is 5.92 Å². The second kappa shape index (κ2) is 7.01. The molecule has 2 rings (SSSR count). The van der Waals surface area contributed by atoms with Gasteiger partial charge in [0.15, 0.2) is 0 Å². The van der Waals surface area contributed by atoms with Crippen molar-refractivity contribution in [2.75, 3.05) is 13.1 Å². The minimum absolute atomic E-state index is 0.193. The van der Waals surface area contributed by atoms with E-state index in [1.165, 1.54) is 57.8 Å². The highest BCUT2D eigenvalue weighted by atomic mass is 16.2. The van der Waals surface area contributed by atoms with Crippen LogP contribution in [-0.4, -0.2) is 30.1 Å². The molecule has 3 heteroatoms. The predicted octanol–water partition coefficient (Wildman–Crippen LogP) is 3.54. The van der Waals surface area contributed by atoms with Crippen molar-refractivity contribution in [3.05, 3.63) is 0 Å². The monoisotopic (exact) mass is 252 g/mol. The minimum atomic E-state index is 0.193. The molecule has 2 atom stereocenters. The number of likely N-dealkylation sites (tertiary alicyclic amines) is 1. The Morgan fingerprint density at radius 1 is 1.11 bits per heavy atom. The van der Waals surface area contributed by atoms with E-state index in [0.29, 0.717) is 6.04 Å². The zero-order valence-corrected chi connectivity index (χ0v) is 11.8. The van der Waals surface area contributed by atoms with Crippen LogP contribution in [0.5, 0.6) is 0 Å². The largest absolute Gasteiger partial charge is 0.335 e. The van der Waals surface area contributed by atoms with Crippen LogP contribution in [0.1, 0.15) is 64.7 Å². The van der Waals surface area contributed by atoms with Crippen molar-refractivity contribution < 1.29 is 4.79 Å². The molecule has 0 aromatic rings. The molecule has 0 radical (unpaired) electrons. The van der Waals surface area contributed by atoms with Crippen LogP contribution in [0.4, 0.5) is 4.79 Å². The van der Waals surface area contributed by atoms with Crippen molar-refractivity contribution in [3.8, 4) is 0 Å². The lowest BCUT2D eigenvalue weighted by atomic mass is 9.84. The van der Waals surface area contributed by atoms with E-state index in [4.69, 9.17) is 0 Å². The van der Waals surface area contributed by atoms with Gasteiger partial charge in [-0.1, -0.05) is 39.0 Å². The molecule has 18 heavy (non-hydrogen) atoms. The highest BCUT2D eigenvalue weighted by Crippen LogP contribution is 2.26. The van der Waals surface area contributed by atoms with Gasteiger partial charge in [0.25, 0.3) is 0 Å². The van der Waals surface area contributed by atoms with Gasteiger partial charge in [0.05, 0.1) is 0 Å². The summed E-state index contributed by atoms with van der Waals surface area (Å²) in [6.45, 7) is 4.18. The Hall–Kier alpha value is -0.730. The van der Waals surface area contributed by atoms with Crippen LogP contribution in [0.25, 0.3) is 0 Å². The fraction of sp³-hybridized carbons (Fsp3) is 0.933. The maximum Gasteiger partial charge on any atom is 0.317 e. The molecule has 3 nitrogen and oxygen atoms in total. The molecule has 104 valence electrons. The Labute approximate surface area is 111 Å². The van der Waals surface area contributed by atoms with Crippen LogP contribution in [0.2, 0.25) is 0 Å². The smallest absolute Gasteiger partial charge is 0.317 e. The average molecular weight is 252 g/mol. The van der Waals surface area contributed by atoms with Gasteiger partial charge in [0, 0.05) is 19.1 Å². The molecule has 1 saturated carbocycles. The second-order valence-electron chi connectivity index (χ2n) is 5.99. The molecule has 0 aromatic carbocycles. The van der Waals surface area contributed by atoms with Crippen molar-refractivity contribution in [2.45, 2.75) is 70.8 Å². The molecular weight excluding hydrogens is 224 g/mol. The number of hydrogen-bond donors (Lipinski definition) is 1. The number of nitrogens with one attached hydrogen (secondary N) is 1. The Kier molecular flexibility index (Phi) is 5.33. The van der Waals surface area contributed by atoms with Gasteiger partial charge in [0.1, 0.15) is 0 Å². The molecule has 0 aromatic heterocycles. The molecule has 1 saturated heterocycles. The van der Waals surface area contributed by atoms with Crippen LogP contribution >= 0.6 is 0 Å². The number of rotatable bonds is 2. The predicted molar refractivity (Wildman–Crippen MR) is 74.6 cm³/mol. The summed E-state index contributed by atoms with van der Waals surface area (Å²) in [5, 5.41) is 3.27. The maximum atomic E-state index is 12.2. The van der Waals surface area contributed by atoms with E-state index in [1.54, 1.807) is 0 Å². The van der Waals surface area contributed by atoms with Gasteiger partial charge in [0.2, 0.25) is 0 Å². The summed E-state index contributed by atoms with van der Waals surface area (Å²) in [5.74, 6) is 0.827. The van der Waals surface area contributed by atoms with Crippen LogP contribution in [0, 0.1) is 5.92 Å². The number of amides is 2. The molecule has 2 fully saturated rings. The molecule has 1 N–H and O–H groups in total. The molecule has 0 spiro atoms. The zero-order chi connectivity index (χ0) is 12.8. The van der Waals surface area contributed by atoms with Gasteiger partial charge in [-0.05, 0) is 31.6 Å². The van der Waals surface area contributed by atoms with Crippen molar-refractivity contribution in [1.29, 1.82) is 0 Å². The number of urea groups is 1. The van der Waals surface area contributed by atoms with Crippen LogP contribution < -0.4 is 5.32 Å². The second-order valence-corrected chi connectivity index (χ2v) is 5.99. The standard InChI is InChI=1S/C15H28N2O/c1-2-13-8-7-9-14(12-13)16-15(18)17-10-5-3-4-6-11-17/h13-14H,2-12H2,1H3,(H,16,18). The highest BCUT2D eigenvalue weighted by molar-refractivity contribution is 5.74. The minimum Gasteiger partial charge on any atom is -0.335 e.